The maximum atomic E-state index is 5.36. The van der Waals surface area contributed by atoms with Crippen molar-refractivity contribution in [2.24, 2.45) is 0 Å². The highest BCUT2D eigenvalue weighted by Gasteiger charge is 1.98. The zero-order valence-corrected chi connectivity index (χ0v) is 22.8. The second-order valence-corrected chi connectivity index (χ2v) is 10.3. The van der Waals surface area contributed by atoms with Gasteiger partial charge in [-0.25, -0.2) is 0 Å². The molecule has 0 radical (unpaired) electrons. The van der Waals surface area contributed by atoms with E-state index in [1.807, 2.05) is 0 Å². The molecule has 0 aromatic carbocycles. The van der Waals surface area contributed by atoms with Crippen LogP contribution in [0, 0.1) is 0 Å². The first-order valence-electron chi connectivity index (χ1n) is 14.6. The SMILES string of the molecule is C=CCOC(=S)CCCCCCCCCCCCCCCCCCCCCCCCCC. The maximum Gasteiger partial charge on any atom is 0.160 e. The van der Waals surface area contributed by atoms with Gasteiger partial charge in [0.15, 0.2) is 5.05 Å². The van der Waals surface area contributed by atoms with Crippen LogP contribution in [0.2, 0.25) is 0 Å². The van der Waals surface area contributed by atoms with Crippen molar-refractivity contribution in [3.63, 3.8) is 0 Å². The Kier molecular flexibility index (Phi) is 28.3. The molecule has 0 saturated carbocycles. The van der Waals surface area contributed by atoms with Gasteiger partial charge >= 0.3 is 0 Å². The van der Waals surface area contributed by atoms with E-state index in [2.05, 4.69) is 13.5 Å². The van der Waals surface area contributed by atoms with Crippen molar-refractivity contribution in [3.05, 3.63) is 12.7 Å². The van der Waals surface area contributed by atoms with Gasteiger partial charge in [-0.1, -0.05) is 167 Å². The van der Waals surface area contributed by atoms with Crippen LogP contribution in [0.25, 0.3) is 0 Å². The van der Waals surface area contributed by atoms with Crippen molar-refractivity contribution in [1.82, 2.24) is 0 Å². The molecule has 0 aliphatic heterocycles. The van der Waals surface area contributed by atoms with Gasteiger partial charge in [0.25, 0.3) is 0 Å². The van der Waals surface area contributed by atoms with Crippen molar-refractivity contribution in [2.75, 3.05) is 6.61 Å². The van der Waals surface area contributed by atoms with Crippen LogP contribution in [0.3, 0.4) is 0 Å². The molecule has 0 amide bonds. The smallest absolute Gasteiger partial charge is 0.160 e. The molecule has 32 heavy (non-hydrogen) atoms. The number of hydrogen-bond acceptors (Lipinski definition) is 2. The quantitative estimate of drug-likeness (QED) is 0.0676. The summed E-state index contributed by atoms with van der Waals surface area (Å²) >= 11 is 5.18. The van der Waals surface area contributed by atoms with Gasteiger partial charge in [-0.15, -0.1) is 0 Å². The van der Waals surface area contributed by atoms with Crippen molar-refractivity contribution >= 4 is 17.3 Å². The molecule has 0 aliphatic carbocycles. The Balaban J connectivity index is 3.05. The van der Waals surface area contributed by atoms with E-state index in [1.165, 1.54) is 154 Å². The topological polar surface area (TPSA) is 9.23 Å². The minimum Gasteiger partial charge on any atom is -0.483 e. The third-order valence-corrected chi connectivity index (χ3v) is 6.92. The molecule has 2 heteroatoms. The van der Waals surface area contributed by atoms with Gasteiger partial charge in [0.2, 0.25) is 0 Å². The first-order valence-corrected chi connectivity index (χ1v) is 15.0. The highest BCUT2D eigenvalue weighted by Crippen LogP contribution is 2.15. The van der Waals surface area contributed by atoms with Crippen LogP contribution in [0.15, 0.2) is 12.7 Å². The van der Waals surface area contributed by atoms with E-state index in [1.54, 1.807) is 6.08 Å². The second-order valence-electron chi connectivity index (χ2n) is 9.85. The molecule has 0 N–H and O–H groups in total. The molecule has 0 rings (SSSR count). The summed E-state index contributed by atoms with van der Waals surface area (Å²) in [6.07, 6.45) is 37.0. The Morgan fingerprint density at radius 1 is 0.531 bits per heavy atom. The number of hydrogen-bond donors (Lipinski definition) is 0. The third-order valence-electron chi connectivity index (χ3n) is 6.60. The summed E-state index contributed by atoms with van der Waals surface area (Å²) in [6, 6.07) is 0. The predicted molar refractivity (Wildman–Crippen MR) is 150 cm³/mol. The van der Waals surface area contributed by atoms with Crippen LogP contribution in [-0.4, -0.2) is 11.7 Å². The number of unbranched alkanes of at least 4 members (excludes halogenated alkanes) is 23. The lowest BCUT2D eigenvalue weighted by Crippen LogP contribution is -2.01. The van der Waals surface area contributed by atoms with Crippen LogP contribution in [0.5, 0.6) is 0 Å². The molecule has 0 bridgehead atoms. The summed E-state index contributed by atoms with van der Waals surface area (Å²) in [5, 5.41) is 0.753. The van der Waals surface area contributed by atoms with E-state index in [9.17, 15) is 0 Å². The predicted octanol–water partition coefficient (Wildman–Crippen LogP) is 11.3. The van der Waals surface area contributed by atoms with Crippen LogP contribution in [-0.2, 0) is 4.74 Å². The lowest BCUT2D eigenvalue weighted by molar-refractivity contribution is 0.348. The van der Waals surface area contributed by atoms with Crippen molar-refractivity contribution in [3.8, 4) is 0 Å². The van der Waals surface area contributed by atoms with Crippen LogP contribution >= 0.6 is 12.2 Å². The lowest BCUT2D eigenvalue weighted by atomic mass is 10.0. The first-order chi connectivity index (χ1) is 15.8. The Morgan fingerprint density at radius 3 is 1.09 bits per heavy atom. The average molecular weight is 467 g/mol. The molecule has 0 aromatic rings. The standard InChI is InChI=1S/C30H58OS/c1-3-5-6-7-8-9-10-11-12-13-14-15-16-17-18-19-20-21-22-23-24-25-26-27-28-30(32)31-29-4-2/h4H,2-3,5-29H2,1H3. The van der Waals surface area contributed by atoms with E-state index in [0.717, 1.165) is 11.5 Å². The molecule has 1 nitrogen and oxygen atoms in total. The molecular formula is C30H58OS. The molecule has 0 saturated heterocycles. The average Bonchev–Trinajstić information content (AvgIpc) is 2.80. The monoisotopic (exact) mass is 466 g/mol. The van der Waals surface area contributed by atoms with Crippen LogP contribution in [0.4, 0.5) is 0 Å². The van der Waals surface area contributed by atoms with E-state index >= 15 is 0 Å². The summed E-state index contributed by atoms with van der Waals surface area (Å²) in [5.74, 6) is 0. The number of ether oxygens (including phenoxy) is 1. The van der Waals surface area contributed by atoms with E-state index < -0.39 is 0 Å². The van der Waals surface area contributed by atoms with Gasteiger partial charge in [0.05, 0.1) is 0 Å². The van der Waals surface area contributed by atoms with Gasteiger partial charge in [-0.05, 0) is 18.6 Å². The largest absolute Gasteiger partial charge is 0.483 e. The third kappa shape index (κ3) is 27.7. The minimum absolute atomic E-state index is 0.554. The summed E-state index contributed by atoms with van der Waals surface area (Å²) in [5.41, 5.74) is 0. The fourth-order valence-electron chi connectivity index (χ4n) is 4.46. The second kappa shape index (κ2) is 28.7. The zero-order chi connectivity index (χ0) is 23.4. The van der Waals surface area contributed by atoms with E-state index in [-0.39, 0.29) is 0 Å². The summed E-state index contributed by atoms with van der Waals surface area (Å²) in [4.78, 5) is 0. The van der Waals surface area contributed by atoms with Gasteiger partial charge < -0.3 is 4.74 Å². The van der Waals surface area contributed by atoms with Crippen LogP contribution < -0.4 is 0 Å². The molecule has 0 spiro atoms. The molecule has 0 aliphatic rings. The van der Waals surface area contributed by atoms with Gasteiger partial charge in [-0.2, -0.15) is 0 Å². The summed E-state index contributed by atoms with van der Waals surface area (Å²) in [7, 11) is 0. The van der Waals surface area contributed by atoms with E-state index in [0.29, 0.717) is 6.61 Å². The van der Waals surface area contributed by atoms with E-state index in [4.69, 9.17) is 17.0 Å². The molecule has 0 unspecified atom stereocenters. The molecule has 0 aromatic heterocycles. The minimum atomic E-state index is 0.554. The Hall–Kier alpha value is -0.370. The van der Waals surface area contributed by atoms with Gasteiger partial charge in [0.1, 0.15) is 6.61 Å². The van der Waals surface area contributed by atoms with Gasteiger partial charge in [-0.3, -0.25) is 0 Å². The number of thiocarbonyl (C=S) groups is 1. The van der Waals surface area contributed by atoms with Crippen molar-refractivity contribution < 1.29 is 4.74 Å². The first kappa shape index (κ1) is 31.6. The summed E-state index contributed by atoms with van der Waals surface area (Å²) in [6.45, 7) is 6.50. The lowest BCUT2D eigenvalue weighted by Gasteiger charge is -2.05. The fourth-order valence-corrected chi connectivity index (χ4v) is 4.67. The van der Waals surface area contributed by atoms with Crippen molar-refractivity contribution in [1.29, 1.82) is 0 Å². The van der Waals surface area contributed by atoms with Gasteiger partial charge in [0, 0.05) is 6.42 Å². The fraction of sp³-hybridized carbons (Fsp3) is 0.900. The molecular weight excluding hydrogens is 408 g/mol. The highest BCUT2D eigenvalue weighted by atomic mass is 32.1. The zero-order valence-electron chi connectivity index (χ0n) is 22.0. The normalized spacial score (nSPS) is 11.0. The van der Waals surface area contributed by atoms with Crippen molar-refractivity contribution in [2.45, 2.75) is 167 Å². The highest BCUT2D eigenvalue weighted by molar-refractivity contribution is 7.80. The molecule has 0 heterocycles. The molecule has 0 fully saturated rings. The Morgan fingerprint density at radius 2 is 0.812 bits per heavy atom. The molecule has 190 valence electrons. The summed E-state index contributed by atoms with van der Waals surface area (Å²) < 4.78 is 5.36. The maximum absolute atomic E-state index is 5.36. The Labute approximate surface area is 208 Å². The molecule has 0 atom stereocenters. The van der Waals surface area contributed by atoms with Crippen LogP contribution in [0.1, 0.15) is 167 Å². The number of rotatable bonds is 27. The Bertz CT molecular complexity index is 379.